The Hall–Kier alpha value is -2.32. The van der Waals surface area contributed by atoms with Gasteiger partial charge in [0.05, 0.1) is 16.7 Å². The van der Waals surface area contributed by atoms with Crippen LogP contribution < -0.4 is 10.2 Å². The van der Waals surface area contributed by atoms with Gasteiger partial charge in [-0.25, -0.2) is 0 Å². The lowest BCUT2D eigenvalue weighted by molar-refractivity contribution is -0.132. The fraction of sp³-hybridized carbons (Fsp3) is 0.333. The van der Waals surface area contributed by atoms with Crippen LogP contribution in [0.3, 0.4) is 0 Å². The number of carbonyl (C=O) groups excluding carboxylic acids is 2. The summed E-state index contributed by atoms with van der Waals surface area (Å²) in [6.07, 6.45) is 2.53. The highest BCUT2D eigenvalue weighted by atomic mass is 35.5. The van der Waals surface area contributed by atoms with E-state index in [9.17, 15) is 9.59 Å². The van der Waals surface area contributed by atoms with Crippen molar-refractivity contribution in [1.82, 2.24) is 5.32 Å². The van der Waals surface area contributed by atoms with E-state index >= 15 is 0 Å². The summed E-state index contributed by atoms with van der Waals surface area (Å²) in [6, 6.07) is 17.6. The van der Waals surface area contributed by atoms with Crippen LogP contribution in [0.25, 0.3) is 0 Å². The van der Waals surface area contributed by atoms with Gasteiger partial charge in [0.15, 0.2) is 5.78 Å². The van der Waals surface area contributed by atoms with Crippen molar-refractivity contribution in [1.29, 1.82) is 0 Å². The predicted molar refractivity (Wildman–Crippen MR) is 143 cm³/mol. The molecule has 2 saturated heterocycles. The first-order valence-corrected chi connectivity index (χ1v) is 13.9. The lowest BCUT2D eigenvalue weighted by atomic mass is 9.77. The van der Waals surface area contributed by atoms with Crippen molar-refractivity contribution in [3.05, 3.63) is 81.5 Å². The third-order valence-corrected chi connectivity index (χ3v) is 9.35. The van der Waals surface area contributed by atoms with E-state index in [-0.39, 0.29) is 18.1 Å². The number of halogens is 1. The summed E-state index contributed by atoms with van der Waals surface area (Å²) in [4.78, 5) is 29.9. The Morgan fingerprint density at radius 2 is 1.80 bits per heavy atom. The van der Waals surface area contributed by atoms with Crippen molar-refractivity contribution < 1.29 is 14.3 Å². The molecular weight excluding hydrogens is 500 g/mol. The molecule has 2 atom stereocenters. The van der Waals surface area contributed by atoms with Crippen molar-refractivity contribution in [3.8, 4) is 0 Å². The summed E-state index contributed by atoms with van der Waals surface area (Å²) in [5.74, 6) is -0.390. The van der Waals surface area contributed by atoms with Gasteiger partial charge in [-0.2, -0.15) is 11.3 Å². The van der Waals surface area contributed by atoms with Gasteiger partial charge in [-0.1, -0.05) is 35.9 Å². The molecule has 1 aromatic heterocycles. The summed E-state index contributed by atoms with van der Waals surface area (Å²) in [7, 11) is 1.77. The summed E-state index contributed by atoms with van der Waals surface area (Å²) < 4.78 is 5.49. The van der Waals surface area contributed by atoms with E-state index in [4.69, 9.17) is 16.3 Å². The summed E-state index contributed by atoms with van der Waals surface area (Å²) in [5, 5.41) is 6.93. The molecule has 2 aromatic carbocycles. The van der Waals surface area contributed by atoms with Gasteiger partial charge in [0, 0.05) is 37.2 Å². The SMILES string of the molecule is COC1CCN(c2ccc(C3(c4ccsc4)CC(=O)C(Sc4ccccc4Cl)C(=O)N3)cc2)CC1. The lowest BCUT2D eigenvalue weighted by Crippen LogP contribution is -2.57. The van der Waals surface area contributed by atoms with Gasteiger partial charge in [0.25, 0.3) is 0 Å². The maximum Gasteiger partial charge on any atom is 0.242 e. The predicted octanol–water partition coefficient (Wildman–Crippen LogP) is 5.51. The van der Waals surface area contributed by atoms with Gasteiger partial charge in [-0.15, -0.1) is 11.8 Å². The molecule has 2 aliphatic heterocycles. The standard InChI is InChI=1S/C27H27ClN2O3S2/c1-33-21-10-13-30(14-11-21)20-8-6-18(7-9-20)27(19-12-15-34-17-19)16-23(31)25(26(32)29-27)35-24-5-3-2-4-22(24)28/h2-9,12,15,17,21,25H,10-11,13-14,16H2,1H3,(H,29,32). The Kier molecular flexibility index (Phi) is 7.21. The molecule has 0 saturated carbocycles. The maximum absolute atomic E-state index is 13.4. The molecule has 0 bridgehead atoms. The second-order valence-electron chi connectivity index (χ2n) is 8.95. The van der Waals surface area contributed by atoms with Crippen LogP contribution in [-0.2, 0) is 19.9 Å². The van der Waals surface area contributed by atoms with E-state index < -0.39 is 10.8 Å². The highest BCUT2D eigenvalue weighted by Crippen LogP contribution is 2.42. The number of thioether (sulfide) groups is 1. The van der Waals surface area contributed by atoms with Crippen LogP contribution in [0, 0.1) is 0 Å². The Morgan fingerprint density at radius 3 is 2.43 bits per heavy atom. The Bertz CT molecular complexity index is 1170. The molecule has 8 heteroatoms. The fourth-order valence-electron chi connectivity index (χ4n) is 4.94. The van der Waals surface area contributed by atoms with E-state index in [2.05, 4.69) is 22.3 Å². The summed E-state index contributed by atoms with van der Waals surface area (Å²) in [6.45, 7) is 1.90. The average Bonchev–Trinajstić information content (AvgIpc) is 3.43. The second kappa shape index (κ2) is 10.3. The molecule has 5 rings (SSSR count). The van der Waals surface area contributed by atoms with Gasteiger partial charge in [-0.3, -0.25) is 9.59 Å². The fourth-order valence-corrected chi connectivity index (χ4v) is 6.91. The first-order chi connectivity index (χ1) is 17.0. The number of methoxy groups -OCH3 is 1. The van der Waals surface area contributed by atoms with Crippen molar-refractivity contribution in [3.63, 3.8) is 0 Å². The number of hydrogen-bond acceptors (Lipinski definition) is 6. The number of rotatable bonds is 6. The van der Waals surface area contributed by atoms with Crippen molar-refractivity contribution in [2.24, 2.45) is 0 Å². The third kappa shape index (κ3) is 4.87. The molecule has 3 aromatic rings. The van der Waals surface area contributed by atoms with Crippen molar-refractivity contribution >= 4 is 52.1 Å². The molecule has 2 aliphatic rings. The number of amides is 1. The molecule has 35 heavy (non-hydrogen) atoms. The Balaban J connectivity index is 1.41. The number of benzene rings is 2. The Morgan fingerprint density at radius 1 is 1.06 bits per heavy atom. The quantitative estimate of drug-likeness (QED) is 0.429. The zero-order chi connectivity index (χ0) is 24.4. The van der Waals surface area contributed by atoms with E-state index in [1.54, 1.807) is 24.5 Å². The van der Waals surface area contributed by atoms with Crippen LogP contribution in [-0.4, -0.2) is 43.2 Å². The first-order valence-electron chi connectivity index (χ1n) is 11.7. The zero-order valence-corrected chi connectivity index (χ0v) is 21.8. The molecule has 2 unspecified atom stereocenters. The first kappa shape index (κ1) is 24.4. The smallest absolute Gasteiger partial charge is 0.242 e. The molecule has 0 aliphatic carbocycles. The second-order valence-corrected chi connectivity index (χ2v) is 11.3. The van der Waals surface area contributed by atoms with Crippen molar-refractivity contribution in [2.45, 2.75) is 41.1 Å². The number of carbonyl (C=O) groups is 2. The molecule has 5 nitrogen and oxygen atoms in total. The van der Waals surface area contributed by atoms with Gasteiger partial charge >= 0.3 is 0 Å². The van der Waals surface area contributed by atoms with Crippen LogP contribution in [0.4, 0.5) is 5.69 Å². The molecule has 2 fully saturated rings. The molecule has 3 heterocycles. The van der Waals surface area contributed by atoms with Gasteiger partial charge in [0.1, 0.15) is 5.25 Å². The van der Waals surface area contributed by atoms with Crippen LogP contribution in [0.15, 0.2) is 70.3 Å². The number of hydrogen-bond donors (Lipinski definition) is 1. The van der Waals surface area contributed by atoms with Crippen LogP contribution in [0.5, 0.6) is 0 Å². The van der Waals surface area contributed by atoms with Gasteiger partial charge < -0.3 is 15.0 Å². The average molecular weight is 527 g/mol. The highest BCUT2D eigenvalue weighted by molar-refractivity contribution is 8.01. The number of nitrogens with one attached hydrogen (secondary N) is 1. The monoisotopic (exact) mass is 526 g/mol. The normalized spacial score (nSPS) is 23.4. The minimum atomic E-state index is -0.882. The molecule has 1 N–H and O–H groups in total. The highest BCUT2D eigenvalue weighted by Gasteiger charge is 2.47. The summed E-state index contributed by atoms with van der Waals surface area (Å²) >= 11 is 9.07. The molecular formula is C27H27ClN2O3S2. The number of Topliss-reactive ketones (excluding diaryl/α,β-unsaturated/α-hetero) is 1. The maximum atomic E-state index is 13.4. The molecule has 182 valence electrons. The largest absolute Gasteiger partial charge is 0.381 e. The van der Waals surface area contributed by atoms with Gasteiger partial charge in [0.2, 0.25) is 5.91 Å². The van der Waals surface area contributed by atoms with Gasteiger partial charge in [-0.05, 0) is 65.1 Å². The van der Waals surface area contributed by atoms with Crippen LogP contribution in [0.1, 0.15) is 30.4 Å². The number of anilines is 1. The van der Waals surface area contributed by atoms with E-state index in [1.165, 1.54) is 11.8 Å². The zero-order valence-electron chi connectivity index (χ0n) is 19.4. The van der Waals surface area contributed by atoms with Crippen molar-refractivity contribution in [2.75, 3.05) is 25.1 Å². The molecule has 0 spiro atoms. The van der Waals surface area contributed by atoms with Crippen LogP contribution in [0.2, 0.25) is 5.02 Å². The number of ether oxygens (including phenoxy) is 1. The minimum Gasteiger partial charge on any atom is -0.381 e. The third-order valence-electron chi connectivity index (χ3n) is 6.90. The molecule has 0 radical (unpaired) electrons. The number of piperidine rings is 2. The van der Waals surface area contributed by atoms with E-state index in [0.717, 1.165) is 47.6 Å². The Labute approximate surface area is 218 Å². The van der Waals surface area contributed by atoms with E-state index in [1.807, 2.05) is 47.2 Å². The number of nitrogens with zero attached hydrogens (tertiary/aromatic N) is 1. The number of thiophene rings is 1. The van der Waals surface area contributed by atoms with E-state index in [0.29, 0.717) is 11.1 Å². The minimum absolute atomic E-state index is 0.101. The number of ketones is 1. The molecule has 1 amide bonds. The lowest BCUT2D eigenvalue weighted by Gasteiger charge is -2.40. The summed E-state index contributed by atoms with van der Waals surface area (Å²) in [5.41, 5.74) is 2.10. The van der Waals surface area contributed by atoms with Crippen LogP contribution >= 0.6 is 34.7 Å². The topological polar surface area (TPSA) is 58.6 Å².